The lowest BCUT2D eigenvalue weighted by Crippen LogP contribution is -2.13. The zero-order chi connectivity index (χ0) is 26.0. The van der Waals surface area contributed by atoms with Crippen molar-refractivity contribution in [3.63, 3.8) is 0 Å². The number of carbonyl (C=O) groups excluding carboxylic acids is 1. The Labute approximate surface area is 203 Å². The van der Waals surface area contributed by atoms with E-state index in [0.29, 0.717) is 23.5 Å². The summed E-state index contributed by atoms with van der Waals surface area (Å²) in [6.07, 6.45) is 2.11. The summed E-state index contributed by atoms with van der Waals surface area (Å²) < 4.78 is 45.1. The number of fused-ring (bicyclic) bond motifs is 1. The molecule has 3 aromatic heterocycles. The van der Waals surface area contributed by atoms with E-state index in [9.17, 15) is 18.0 Å². The third kappa shape index (κ3) is 4.37. The van der Waals surface area contributed by atoms with Gasteiger partial charge < -0.3 is 26.3 Å². The molecule has 0 spiro atoms. The summed E-state index contributed by atoms with van der Waals surface area (Å²) in [6.45, 7) is 2.24. The first-order valence-electron chi connectivity index (χ1n) is 10.7. The molecule has 36 heavy (non-hydrogen) atoms. The molecule has 0 fully saturated rings. The molecule has 0 atom stereocenters. The van der Waals surface area contributed by atoms with Crippen LogP contribution in [0.2, 0.25) is 0 Å². The van der Waals surface area contributed by atoms with E-state index < -0.39 is 17.8 Å². The highest BCUT2D eigenvalue weighted by atomic mass is 19.4. The number of rotatable bonds is 8. The minimum Gasteiger partial charge on any atom is -0.393 e. The summed E-state index contributed by atoms with van der Waals surface area (Å²) in [6, 6.07) is 5.77. The first-order chi connectivity index (χ1) is 17.2. The zero-order valence-electron chi connectivity index (χ0n) is 19.3. The van der Waals surface area contributed by atoms with E-state index in [0.717, 1.165) is 10.9 Å². The van der Waals surface area contributed by atoms with Gasteiger partial charge in [0, 0.05) is 49.5 Å². The fraction of sp³-hybridized carbons (Fsp3) is 0.174. The molecule has 0 saturated carbocycles. The van der Waals surface area contributed by atoms with E-state index in [-0.39, 0.29) is 28.0 Å². The first-order valence-corrected chi connectivity index (χ1v) is 10.7. The van der Waals surface area contributed by atoms with Crippen LogP contribution in [0.25, 0.3) is 28.0 Å². The van der Waals surface area contributed by atoms with Crippen LogP contribution in [0, 0.1) is 5.41 Å². The third-order valence-corrected chi connectivity index (χ3v) is 5.30. The topological polar surface area (TPSA) is 140 Å². The number of primary amides is 1. The third-order valence-electron chi connectivity index (χ3n) is 5.30. The van der Waals surface area contributed by atoms with E-state index in [4.69, 9.17) is 11.1 Å². The SMILES string of the molecule is CCNc1cc(C(N)=O)ccc1-n1nc(C(F)(F)F)c2c(-n3cnc(/C(C=N)=C/NC)c3)ccnc21. The van der Waals surface area contributed by atoms with Crippen molar-refractivity contribution >= 4 is 34.4 Å². The van der Waals surface area contributed by atoms with E-state index in [2.05, 4.69) is 25.7 Å². The van der Waals surface area contributed by atoms with E-state index in [1.807, 2.05) is 0 Å². The van der Waals surface area contributed by atoms with Gasteiger partial charge in [0.05, 0.1) is 34.5 Å². The Kier molecular flexibility index (Phi) is 6.47. The van der Waals surface area contributed by atoms with Crippen LogP contribution in [-0.2, 0) is 6.18 Å². The van der Waals surface area contributed by atoms with Gasteiger partial charge in [-0.2, -0.15) is 18.3 Å². The number of anilines is 1. The Morgan fingerprint density at radius 3 is 2.64 bits per heavy atom. The van der Waals surface area contributed by atoms with Gasteiger partial charge in [0.1, 0.15) is 0 Å². The molecule has 10 nitrogen and oxygen atoms in total. The van der Waals surface area contributed by atoms with Crippen LogP contribution >= 0.6 is 0 Å². The number of allylic oxidation sites excluding steroid dienone is 1. The fourth-order valence-electron chi connectivity index (χ4n) is 3.76. The molecule has 5 N–H and O–H groups in total. The maximum absolute atomic E-state index is 14.2. The number of imidazole rings is 1. The van der Waals surface area contributed by atoms with E-state index in [1.54, 1.807) is 20.2 Å². The molecule has 0 bridgehead atoms. The molecule has 0 radical (unpaired) electrons. The predicted octanol–water partition coefficient (Wildman–Crippen LogP) is 3.37. The van der Waals surface area contributed by atoms with Gasteiger partial charge in [0.25, 0.3) is 0 Å². The van der Waals surface area contributed by atoms with Gasteiger partial charge in [0.15, 0.2) is 11.3 Å². The van der Waals surface area contributed by atoms with Crippen molar-refractivity contribution in [2.45, 2.75) is 13.1 Å². The molecular formula is C23H22F3N9O. The zero-order valence-corrected chi connectivity index (χ0v) is 19.3. The summed E-state index contributed by atoms with van der Waals surface area (Å²) in [5, 5.41) is 17.1. The molecule has 0 aliphatic rings. The Morgan fingerprint density at radius 1 is 1.22 bits per heavy atom. The van der Waals surface area contributed by atoms with Crippen molar-refractivity contribution < 1.29 is 18.0 Å². The minimum absolute atomic E-state index is 0.0425. The number of halogens is 3. The summed E-state index contributed by atoms with van der Waals surface area (Å²) >= 11 is 0. The largest absolute Gasteiger partial charge is 0.435 e. The maximum atomic E-state index is 14.2. The van der Waals surface area contributed by atoms with Crippen molar-refractivity contribution in [1.82, 2.24) is 29.6 Å². The summed E-state index contributed by atoms with van der Waals surface area (Å²) in [5.41, 5.74) is 6.02. The number of amides is 1. The summed E-state index contributed by atoms with van der Waals surface area (Å²) in [7, 11) is 1.66. The number of carbonyl (C=O) groups is 1. The Hall–Kier alpha value is -4.68. The average molecular weight is 497 g/mol. The fourth-order valence-corrected chi connectivity index (χ4v) is 3.76. The van der Waals surface area contributed by atoms with Crippen LogP contribution in [-0.4, -0.2) is 50.0 Å². The second-order valence-electron chi connectivity index (χ2n) is 7.61. The van der Waals surface area contributed by atoms with Crippen molar-refractivity contribution in [1.29, 1.82) is 5.41 Å². The van der Waals surface area contributed by atoms with Gasteiger partial charge in [-0.25, -0.2) is 14.6 Å². The quantitative estimate of drug-likeness (QED) is 0.275. The molecule has 0 aliphatic heterocycles. The Bertz CT molecular complexity index is 1480. The Morgan fingerprint density at radius 2 is 2.00 bits per heavy atom. The number of nitrogens with zero attached hydrogens (tertiary/aromatic N) is 5. The number of hydrogen-bond acceptors (Lipinski definition) is 7. The molecule has 0 aliphatic carbocycles. The van der Waals surface area contributed by atoms with Crippen LogP contribution < -0.4 is 16.4 Å². The number of nitrogens with one attached hydrogen (secondary N) is 3. The Balaban J connectivity index is 1.98. The van der Waals surface area contributed by atoms with Crippen LogP contribution in [0.3, 0.4) is 0 Å². The number of alkyl halides is 3. The lowest BCUT2D eigenvalue weighted by atomic mass is 10.1. The molecule has 4 aromatic rings. The van der Waals surface area contributed by atoms with Gasteiger partial charge in [-0.1, -0.05) is 0 Å². The van der Waals surface area contributed by atoms with Crippen molar-refractivity contribution in [3.05, 3.63) is 66.1 Å². The van der Waals surface area contributed by atoms with Gasteiger partial charge >= 0.3 is 6.18 Å². The van der Waals surface area contributed by atoms with Gasteiger partial charge in [0.2, 0.25) is 5.91 Å². The molecule has 3 heterocycles. The standard InChI is InChI=1S/C23H22F3N9O/c1-3-30-15-8-13(21(28)36)4-5-17(15)35-22-19(20(33-35)23(24,25)26)18(6-7-31-22)34-11-16(32-12-34)14(9-27)10-29-2/h4-12,27,29-30H,3H2,1-2H3,(H2,28,36)/b14-10+,27-9?. The van der Waals surface area contributed by atoms with Crippen LogP contribution in [0.15, 0.2) is 49.2 Å². The molecule has 0 unspecified atom stereocenters. The minimum atomic E-state index is -4.79. The van der Waals surface area contributed by atoms with Gasteiger partial charge in [-0.05, 0) is 31.2 Å². The van der Waals surface area contributed by atoms with Crippen LogP contribution in [0.1, 0.15) is 28.7 Å². The first kappa shape index (κ1) is 24.4. The van der Waals surface area contributed by atoms with E-state index >= 15 is 0 Å². The lowest BCUT2D eigenvalue weighted by Gasteiger charge is -2.13. The van der Waals surface area contributed by atoms with Crippen LogP contribution in [0.4, 0.5) is 18.9 Å². The molecule has 13 heteroatoms. The normalized spacial score (nSPS) is 12.1. The predicted molar refractivity (Wildman–Crippen MR) is 129 cm³/mol. The average Bonchev–Trinajstić information content (AvgIpc) is 3.48. The lowest BCUT2D eigenvalue weighted by molar-refractivity contribution is -0.140. The summed E-state index contributed by atoms with van der Waals surface area (Å²) in [4.78, 5) is 20.1. The number of benzene rings is 1. The number of hydrogen-bond donors (Lipinski definition) is 4. The van der Waals surface area contributed by atoms with E-state index in [1.165, 1.54) is 47.6 Å². The second-order valence-corrected chi connectivity index (χ2v) is 7.61. The van der Waals surface area contributed by atoms with Crippen molar-refractivity contribution in [2.75, 3.05) is 18.9 Å². The molecule has 1 amide bonds. The van der Waals surface area contributed by atoms with Gasteiger partial charge in [-0.15, -0.1) is 0 Å². The molecule has 1 aromatic carbocycles. The molecule has 4 rings (SSSR count). The molecule has 0 saturated heterocycles. The van der Waals surface area contributed by atoms with Crippen molar-refractivity contribution in [3.8, 4) is 11.4 Å². The highest BCUT2D eigenvalue weighted by molar-refractivity contribution is 6.07. The second kappa shape index (κ2) is 9.52. The summed E-state index contributed by atoms with van der Waals surface area (Å²) in [5.74, 6) is -0.671. The smallest absolute Gasteiger partial charge is 0.393 e. The number of pyridine rings is 1. The highest BCUT2D eigenvalue weighted by Gasteiger charge is 2.39. The van der Waals surface area contributed by atoms with Crippen LogP contribution in [0.5, 0.6) is 0 Å². The highest BCUT2D eigenvalue weighted by Crippen LogP contribution is 2.38. The molecular weight excluding hydrogens is 475 g/mol. The maximum Gasteiger partial charge on any atom is 0.435 e. The number of nitrogens with two attached hydrogens (primary N) is 1. The molecule has 186 valence electrons. The monoisotopic (exact) mass is 497 g/mol. The van der Waals surface area contributed by atoms with Gasteiger partial charge in [-0.3, -0.25) is 4.79 Å². The van der Waals surface area contributed by atoms with Crippen molar-refractivity contribution in [2.24, 2.45) is 5.73 Å². The number of aromatic nitrogens is 5.